The first kappa shape index (κ1) is 29.4. The highest BCUT2D eigenvalue weighted by molar-refractivity contribution is 5.97. The maximum absolute atomic E-state index is 13.8. The number of aliphatic hydroxyl groups is 1. The molecule has 0 bridgehead atoms. The molecule has 0 aromatic heterocycles. The third-order valence-electron chi connectivity index (χ3n) is 13.3. The topological polar surface area (TPSA) is 75.6 Å². The molecule has 3 saturated carbocycles. The van der Waals surface area contributed by atoms with Crippen LogP contribution < -0.4 is 10.1 Å². The molecule has 2 N–H and O–H groups in total. The van der Waals surface area contributed by atoms with E-state index in [2.05, 4.69) is 52.1 Å². The van der Waals surface area contributed by atoms with E-state index in [9.17, 15) is 14.7 Å². The average molecular weight is 572 g/mol. The van der Waals surface area contributed by atoms with Gasteiger partial charge in [-0.2, -0.15) is 0 Å². The number of fused-ring (bicyclic) bond motifs is 7. The highest BCUT2D eigenvalue weighted by Crippen LogP contribution is 2.75. The summed E-state index contributed by atoms with van der Waals surface area (Å²) in [7, 11) is 1.66. The predicted molar refractivity (Wildman–Crippen MR) is 166 cm³/mol. The molecule has 226 valence electrons. The molecule has 5 nitrogen and oxygen atoms in total. The zero-order chi connectivity index (χ0) is 30.3. The van der Waals surface area contributed by atoms with Crippen molar-refractivity contribution in [2.75, 3.05) is 7.11 Å². The SMILES string of the molecule is COc1ccc(CNC(=O)[C@]2(C)CC[C@]3(C)CC[C@]4(C)C5=CC=C6C(=CC(=O)C(O)C6C)[C@]5(C)CC[C@@]4(C)[C@@H]3C2)cc1. The van der Waals surface area contributed by atoms with Crippen molar-refractivity contribution in [2.24, 2.45) is 38.9 Å². The number of hydrogen-bond acceptors (Lipinski definition) is 4. The molecule has 5 heteroatoms. The number of ether oxygens (including phenoxy) is 1. The van der Waals surface area contributed by atoms with Crippen LogP contribution in [-0.4, -0.2) is 30.0 Å². The summed E-state index contributed by atoms with van der Waals surface area (Å²) in [6.07, 6.45) is 12.6. The van der Waals surface area contributed by atoms with Gasteiger partial charge in [-0.1, -0.05) is 71.4 Å². The van der Waals surface area contributed by atoms with E-state index in [4.69, 9.17) is 4.74 Å². The Morgan fingerprint density at radius 2 is 1.67 bits per heavy atom. The largest absolute Gasteiger partial charge is 0.497 e. The van der Waals surface area contributed by atoms with Crippen molar-refractivity contribution in [2.45, 2.75) is 99.1 Å². The molecule has 2 unspecified atom stereocenters. The summed E-state index contributed by atoms with van der Waals surface area (Å²) in [6, 6.07) is 7.91. The number of methoxy groups -OCH3 is 1. The lowest BCUT2D eigenvalue weighted by molar-refractivity contribution is -0.169. The van der Waals surface area contributed by atoms with Crippen LogP contribution in [0.4, 0.5) is 0 Å². The number of carbonyl (C=O) groups is 2. The van der Waals surface area contributed by atoms with Gasteiger partial charge in [-0.05, 0) is 102 Å². The Morgan fingerprint density at radius 3 is 2.36 bits per heavy atom. The van der Waals surface area contributed by atoms with Crippen LogP contribution in [0.5, 0.6) is 5.75 Å². The van der Waals surface area contributed by atoms with Crippen LogP contribution in [0.2, 0.25) is 0 Å². The molecule has 0 saturated heterocycles. The molecule has 6 rings (SSSR count). The highest BCUT2D eigenvalue weighted by atomic mass is 16.5. The molecule has 5 aliphatic rings. The minimum Gasteiger partial charge on any atom is -0.497 e. The Labute approximate surface area is 251 Å². The third-order valence-corrected chi connectivity index (χ3v) is 13.3. The number of ketones is 1. The Bertz CT molecular complexity index is 1400. The van der Waals surface area contributed by atoms with Crippen molar-refractivity contribution in [1.29, 1.82) is 0 Å². The number of nitrogens with one attached hydrogen (secondary N) is 1. The van der Waals surface area contributed by atoms with Crippen molar-refractivity contribution < 1.29 is 19.4 Å². The van der Waals surface area contributed by atoms with Crippen molar-refractivity contribution in [3.8, 4) is 5.75 Å². The van der Waals surface area contributed by atoms with E-state index < -0.39 is 11.5 Å². The molecular weight excluding hydrogens is 522 g/mol. The van der Waals surface area contributed by atoms with E-state index in [1.54, 1.807) is 13.2 Å². The number of amides is 1. The number of hydrogen-bond donors (Lipinski definition) is 2. The maximum Gasteiger partial charge on any atom is 0.226 e. The molecular formula is C37H49NO4. The van der Waals surface area contributed by atoms with Gasteiger partial charge in [-0.25, -0.2) is 0 Å². The van der Waals surface area contributed by atoms with Gasteiger partial charge in [0, 0.05) is 23.3 Å². The summed E-state index contributed by atoms with van der Waals surface area (Å²) in [4.78, 5) is 26.7. The van der Waals surface area contributed by atoms with Crippen molar-refractivity contribution in [3.05, 3.63) is 64.8 Å². The average Bonchev–Trinajstić information content (AvgIpc) is 2.97. The van der Waals surface area contributed by atoms with E-state index in [1.165, 1.54) is 5.57 Å². The summed E-state index contributed by atoms with van der Waals surface area (Å²) < 4.78 is 5.28. The van der Waals surface area contributed by atoms with Crippen molar-refractivity contribution in [1.82, 2.24) is 5.32 Å². The zero-order valence-corrected chi connectivity index (χ0v) is 26.6. The fraction of sp³-hybridized carbons (Fsp3) is 0.622. The van der Waals surface area contributed by atoms with E-state index in [-0.39, 0.29) is 39.3 Å². The van der Waals surface area contributed by atoms with E-state index in [0.29, 0.717) is 12.5 Å². The number of aliphatic hydroxyl groups excluding tert-OH is 1. The molecule has 42 heavy (non-hydrogen) atoms. The second kappa shape index (κ2) is 9.67. The van der Waals surface area contributed by atoms with Gasteiger partial charge in [-0.3, -0.25) is 9.59 Å². The fourth-order valence-electron chi connectivity index (χ4n) is 10.0. The molecule has 1 aromatic carbocycles. The first-order chi connectivity index (χ1) is 19.7. The van der Waals surface area contributed by atoms with Crippen molar-refractivity contribution >= 4 is 11.7 Å². The van der Waals surface area contributed by atoms with Crippen molar-refractivity contribution in [3.63, 3.8) is 0 Å². The fourth-order valence-corrected chi connectivity index (χ4v) is 10.0. The Kier molecular flexibility index (Phi) is 6.77. The normalized spacial score (nSPS) is 42.5. The summed E-state index contributed by atoms with van der Waals surface area (Å²) in [6.45, 7) is 14.5. The smallest absolute Gasteiger partial charge is 0.226 e. The minimum atomic E-state index is -0.950. The quantitative estimate of drug-likeness (QED) is 0.404. The van der Waals surface area contributed by atoms with Gasteiger partial charge in [0.2, 0.25) is 5.91 Å². The van der Waals surface area contributed by atoms with E-state index in [0.717, 1.165) is 67.4 Å². The molecule has 0 radical (unpaired) electrons. The number of benzene rings is 1. The molecule has 3 fully saturated rings. The van der Waals surface area contributed by atoms with Gasteiger partial charge < -0.3 is 15.2 Å². The third kappa shape index (κ3) is 4.05. The Balaban J connectivity index is 1.30. The van der Waals surface area contributed by atoms with Crippen LogP contribution in [0.1, 0.15) is 92.1 Å². The second-order valence-electron chi connectivity index (χ2n) is 15.5. The van der Waals surface area contributed by atoms with Gasteiger partial charge in [-0.15, -0.1) is 0 Å². The van der Waals surface area contributed by atoms with Gasteiger partial charge in [0.15, 0.2) is 5.78 Å². The Hall–Kier alpha value is -2.66. The molecule has 5 aliphatic carbocycles. The Morgan fingerprint density at radius 1 is 0.976 bits per heavy atom. The monoisotopic (exact) mass is 571 g/mol. The first-order valence-corrected chi connectivity index (χ1v) is 16.0. The van der Waals surface area contributed by atoms with Gasteiger partial charge in [0.05, 0.1) is 7.11 Å². The molecule has 1 aromatic rings. The summed E-state index contributed by atoms with van der Waals surface area (Å²) in [5, 5.41) is 13.8. The number of rotatable bonds is 4. The lowest BCUT2D eigenvalue weighted by Crippen LogP contribution is -2.62. The zero-order valence-electron chi connectivity index (χ0n) is 26.6. The number of allylic oxidation sites excluding steroid dienone is 4. The lowest BCUT2D eigenvalue weighted by Gasteiger charge is -2.70. The summed E-state index contributed by atoms with van der Waals surface area (Å²) >= 11 is 0. The molecule has 0 spiro atoms. The predicted octanol–water partition coefficient (Wildman–Crippen LogP) is 7.10. The van der Waals surface area contributed by atoms with Crippen LogP contribution in [0, 0.1) is 38.9 Å². The van der Waals surface area contributed by atoms with Crippen LogP contribution in [0.3, 0.4) is 0 Å². The molecule has 0 heterocycles. The van der Waals surface area contributed by atoms with E-state index in [1.807, 2.05) is 31.2 Å². The highest BCUT2D eigenvalue weighted by Gasteiger charge is 2.67. The lowest BCUT2D eigenvalue weighted by atomic mass is 9.34. The molecule has 1 amide bonds. The molecule has 0 aliphatic heterocycles. The minimum absolute atomic E-state index is 0.0345. The van der Waals surface area contributed by atoms with Crippen LogP contribution in [-0.2, 0) is 16.1 Å². The standard InChI is InChI=1S/C37H49NO4/c1-23-26-12-13-29-35(4,27(26)20-28(39)31(23)40)17-19-37(6)30-21-34(3,15-14-33(30,2)16-18-36(29,37)5)32(41)38-22-24-8-10-25(42-7)11-9-24/h8-13,20,23,30-31,40H,14-19,21-22H2,1-7H3,(H,38,41)/t23?,30-,31?,33-,34-,35+,36-,37+/m1/s1. The molecule has 8 atom stereocenters. The van der Waals surface area contributed by atoms with Crippen LogP contribution in [0.15, 0.2) is 59.2 Å². The van der Waals surface area contributed by atoms with Crippen LogP contribution >= 0.6 is 0 Å². The summed E-state index contributed by atoms with van der Waals surface area (Å²) in [5.74, 6) is 1.07. The van der Waals surface area contributed by atoms with Crippen LogP contribution in [0.25, 0.3) is 0 Å². The second-order valence-corrected chi connectivity index (χ2v) is 15.5. The van der Waals surface area contributed by atoms with E-state index >= 15 is 0 Å². The number of carbonyl (C=O) groups excluding carboxylic acids is 2. The van der Waals surface area contributed by atoms with Gasteiger partial charge in [0.25, 0.3) is 0 Å². The van der Waals surface area contributed by atoms with Gasteiger partial charge >= 0.3 is 0 Å². The van der Waals surface area contributed by atoms with Gasteiger partial charge in [0.1, 0.15) is 11.9 Å². The summed E-state index contributed by atoms with van der Waals surface area (Å²) in [5.41, 5.74) is 4.39. The first-order valence-electron chi connectivity index (χ1n) is 16.0. The maximum atomic E-state index is 13.8.